The SMILES string of the molecule is COc1ccc(NC(=O)C2(OC)CCNCC2)cc1F. The Morgan fingerprint density at radius 1 is 1.35 bits per heavy atom. The van der Waals surface area contributed by atoms with Gasteiger partial charge in [-0.3, -0.25) is 4.79 Å². The van der Waals surface area contributed by atoms with Crippen molar-refractivity contribution in [1.29, 1.82) is 0 Å². The monoisotopic (exact) mass is 282 g/mol. The number of rotatable bonds is 4. The molecule has 1 aliphatic heterocycles. The third kappa shape index (κ3) is 2.91. The molecule has 0 unspecified atom stereocenters. The topological polar surface area (TPSA) is 59.6 Å². The van der Waals surface area contributed by atoms with Gasteiger partial charge < -0.3 is 20.1 Å². The van der Waals surface area contributed by atoms with Gasteiger partial charge in [0, 0.05) is 18.9 Å². The Bertz CT molecular complexity index is 487. The van der Waals surface area contributed by atoms with Crippen molar-refractivity contribution < 1.29 is 18.7 Å². The molecule has 2 N–H and O–H groups in total. The molecule has 5 nitrogen and oxygen atoms in total. The van der Waals surface area contributed by atoms with Crippen LogP contribution in [0.15, 0.2) is 18.2 Å². The van der Waals surface area contributed by atoms with Crippen LogP contribution < -0.4 is 15.4 Å². The number of hydrogen-bond donors (Lipinski definition) is 2. The molecule has 1 fully saturated rings. The van der Waals surface area contributed by atoms with Gasteiger partial charge in [-0.2, -0.15) is 0 Å². The minimum Gasteiger partial charge on any atom is -0.494 e. The van der Waals surface area contributed by atoms with E-state index >= 15 is 0 Å². The van der Waals surface area contributed by atoms with Gasteiger partial charge in [-0.1, -0.05) is 0 Å². The quantitative estimate of drug-likeness (QED) is 0.879. The molecule has 110 valence electrons. The molecule has 6 heteroatoms. The van der Waals surface area contributed by atoms with Gasteiger partial charge in [0.25, 0.3) is 5.91 Å². The Kier molecular flexibility index (Phi) is 4.57. The van der Waals surface area contributed by atoms with E-state index < -0.39 is 11.4 Å². The highest BCUT2D eigenvalue weighted by Crippen LogP contribution is 2.26. The highest BCUT2D eigenvalue weighted by atomic mass is 19.1. The largest absolute Gasteiger partial charge is 0.494 e. The van der Waals surface area contributed by atoms with Crippen LogP contribution in [-0.2, 0) is 9.53 Å². The maximum absolute atomic E-state index is 13.6. The number of carbonyl (C=O) groups excluding carboxylic acids is 1. The average molecular weight is 282 g/mol. The van der Waals surface area contributed by atoms with Crippen molar-refractivity contribution in [1.82, 2.24) is 5.32 Å². The molecule has 0 radical (unpaired) electrons. The van der Waals surface area contributed by atoms with E-state index in [0.29, 0.717) is 18.5 Å². The van der Waals surface area contributed by atoms with Gasteiger partial charge in [-0.15, -0.1) is 0 Å². The summed E-state index contributed by atoms with van der Waals surface area (Å²) in [5, 5.41) is 5.89. The van der Waals surface area contributed by atoms with Crippen LogP contribution in [0.4, 0.5) is 10.1 Å². The number of benzene rings is 1. The van der Waals surface area contributed by atoms with Crippen molar-refractivity contribution in [3.05, 3.63) is 24.0 Å². The molecule has 1 aromatic rings. The molecule has 1 heterocycles. The number of halogens is 1. The third-order valence-electron chi connectivity index (χ3n) is 3.63. The van der Waals surface area contributed by atoms with Crippen LogP contribution in [0, 0.1) is 5.82 Å². The second-order valence-corrected chi connectivity index (χ2v) is 4.75. The van der Waals surface area contributed by atoms with E-state index in [4.69, 9.17) is 9.47 Å². The molecular formula is C14H19FN2O3. The first-order valence-electron chi connectivity index (χ1n) is 6.52. The molecular weight excluding hydrogens is 263 g/mol. The maximum atomic E-state index is 13.6. The molecule has 0 bridgehead atoms. The van der Waals surface area contributed by atoms with E-state index in [9.17, 15) is 9.18 Å². The zero-order valence-corrected chi connectivity index (χ0v) is 11.7. The summed E-state index contributed by atoms with van der Waals surface area (Å²) >= 11 is 0. The Hall–Kier alpha value is -1.66. The van der Waals surface area contributed by atoms with Gasteiger partial charge in [0.1, 0.15) is 5.60 Å². The molecule has 1 aliphatic rings. The van der Waals surface area contributed by atoms with Crippen LogP contribution in [0.1, 0.15) is 12.8 Å². The molecule has 1 saturated heterocycles. The number of carbonyl (C=O) groups is 1. The highest BCUT2D eigenvalue weighted by molar-refractivity contribution is 5.97. The first-order chi connectivity index (χ1) is 9.61. The molecule has 0 atom stereocenters. The van der Waals surface area contributed by atoms with E-state index in [-0.39, 0.29) is 11.7 Å². The lowest BCUT2D eigenvalue weighted by Gasteiger charge is -2.34. The number of nitrogens with one attached hydrogen (secondary N) is 2. The zero-order chi connectivity index (χ0) is 14.6. The molecule has 2 rings (SSSR count). The number of hydrogen-bond acceptors (Lipinski definition) is 4. The lowest BCUT2D eigenvalue weighted by Crippen LogP contribution is -2.51. The molecule has 0 spiro atoms. The number of ether oxygens (including phenoxy) is 2. The predicted molar refractivity (Wildman–Crippen MR) is 73.4 cm³/mol. The smallest absolute Gasteiger partial charge is 0.256 e. The number of amides is 1. The lowest BCUT2D eigenvalue weighted by atomic mass is 9.91. The van der Waals surface area contributed by atoms with Crippen LogP contribution in [0.3, 0.4) is 0 Å². The fourth-order valence-corrected chi connectivity index (χ4v) is 2.34. The first-order valence-corrected chi connectivity index (χ1v) is 6.52. The summed E-state index contributed by atoms with van der Waals surface area (Å²) in [6, 6.07) is 4.32. The summed E-state index contributed by atoms with van der Waals surface area (Å²) < 4.78 is 23.9. The molecule has 1 aromatic carbocycles. The first kappa shape index (κ1) is 14.7. The predicted octanol–water partition coefficient (Wildman–Crippen LogP) is 1.54. The summed E-state index contributed by atoms with van der Waals surface area (Å²) in [4.78, 5) is 12.4. The standard InChI is InChI=1S/C14H19FN2O3/c1-19-12-4-3-10(9-11(12)15)17-13(18)14(20-2)5-7-16-8-6-14/h3-4,9,16H,5-8H2,1-2H3,(H,17,18). The van der Waals surface area contributed by atoms with Gasteiger partial charge >= 0.3 is 0 Å². The van der Waals surface area contributed by atoms with Gasteiger partial charge in [-0.05, 0) is 38.1 Å². The summed E-state index contributed by atoms with van der Waals surface area (Å²) in [6.45, 7) is 1.44. The fourth-order valence-electron chi connectivity index (χ4n) is 2.34. The summed E-state index contributed by atoms with van der Waals surface area (Å²) in [7, 11) is 2.92. The van der Waals surface area contributed by atoms with Crippen LogP contribution in [0.5, 0.6) is 5.75 Å². The van der Waals surface area contributed by atoms with Crippen LogP contribution in [0.25, 0.3) is 0 Å². The van der Waals surface area contributed by atoms with Crippen molar-refractivity contribution in [3.63, 3.8) is 0 Å². The summed E-state index contributed by atoms with van der Waals surface area (Å²) in [6.07, 6.45) is 1.18. The summed E-state index contributed by atoms with van der Waals surface area (Å²) in [5.41, 5.74) is -0.454. The Morgan fingerprint density at radius 3 is 2.60 bits per heavy atom. The zero-order valence-electron chi connectivity index (χ0n) is 11.7. The van der Waals surface area contributed by atoms with Crippen molar-refractivity contribution in [2.24, 2.45) is 0 Å². The Morgan fingerprint density at radius 2 is 2.05 bits per heavy atom. The second kappa shape index (κ2) is 6.19. The van der Waals surface area contributed by atoms with Crippen molar-refractivity contribution in [2.45, 2.75) is 18.4 Å². The van der Waals surface area contributed by atoms with Gasteiger partial charge in [0.15, 0.2) is 11.6 Å². The van der Waals surface area contributed by atoms with Gasteiger partial charge in [0.2, 0.25) is 0 Å². The second-order valence-electron chi connectivity index (χ2n) is 4.75. The average Bonchev–Trinajstić information content (AvgIpc) is 2.48. The minimum atomic E-state index is -0.846. The van der Waals surface area contributed by atoms with Crippen LogP contribution in [-0.4, -0.2) is 38.8 Å². The van der Waals surface area contributed by atoms with Crippen molar-refractivity contribution in [3.8, 4) is 5.75 Å². The summed E-state index contributed by atoms with van der Waals surface area (Å²) in [5.74, 6) is -0.612. The van der Waals surface area contributed by atoms with Gasteiger partial charge in [0.05, 0.1) is 7.11 Å². The molecule has 20 heavy (non-hydrogen) atoms. The van der Waals surface area contributed by atoms with E-state index in [1.165, 1.54) is 26.4 Å². The Labute approximate surface area is 117 Å². The Balaban J connectivity index is 2.12. The molecule has 0 aliphatic carbocycles. The molecule has 0 aromatic heterocycles. The van der Waals surface area contributed by atoms with Crippen LogP contribution in [0.2, 0.25) is 0 Å². The lowest BCUT2D eigenvalue weighted by molar-refractivity contribution is -0.140. The minimum absolute atomic E-state index is 0.145. The van der Waals surface area contributed by atoms with E-state index in [1.807, 2.05) is 0 Å². The number of anilines is 1. The van der Waals surface area contributed by atoms with Crippen LogP contribution >= 0.6 is 0 Å². The van der Waals surface area contributed by atoms with E-state index in [0.717, 1.165) is 13.1 Å². The van der Waals surface area contributed by atoms with Gasteiger partial charge in [-0.25, -0.2) is 4.39 Å². The molecule has 0 saturated carbocycles. The maximum Gasteiger partial charge on any atom is 0.256 e. The third-order valence-corrected chi connectivity index (χ3v) is 3.63. The molecule has 1 amide bonds. The normalized spacial score (nSPS) is 17.6. The number of piperidine rings is 1. The highest BCUT2D eigenvalue weighted by Gasteiger charge is 2.39. The number of methoxy groups -OCH3 is 2. The van der Waals surface area contributed by atoms with Crippen molar-refractivity contribution in [2.75, 3.05) is 32.6 Å². The van der Waals surface area contributed by atoms with E-state index in [1.54, 1.807) is 6.07 Å². The van der Waals surface area contributed by atoms with Crippen molar-refractivity contribution >= 4 is 11.6 Å². The fraction of sp³-hybridized carbons (Fsp3) is 0.500. The van der Waals surface area contributed by atoms with E-state index in [2.05, 4.69) is 10.6 Å².